The van der Waals surface area contributed by atoms with Crippen molar-refractivity contribution in [2.75, 3.05) is 0 Å². The lowest BCUT2D eigenvalue weighted by molar-refractivity contribution is 0.108. The fraction of sp³-hybridized carbons (Fsp3) is 0. The van der Waals surface area contributed by atoms with Gasteiger partial charge >= 0.3 is 0 Å². The number of benzene rings is 2. The molecule has 0 bridgehead atoms. The summed E-state index contributed by atoms with van der Waals surface area (Å²) >= 11 is 17.3. The topological polar surface area (TPSA) is 43.1 Å². The highest BCUT2D eigenvalue weighted by atomic mass is 35.5. The minimum atomic E-state index is -0.546. The lowest BCUT2D eigenvalue weighted by Gasteiger charge is -1.97. The van der Waals surface area contributed by atoms with Crippen molar-refractivity contribution in [2.45, 2.75) is 0 Å². The van der Waals surface area contributed by atoms with Crippen LogP contribution in [-0.4, -0.2) is 10.2 Å². The molecule has 1 heterocycles. The van der Waals surface area contributed by atoms with Gasteiger partial charge in [0.1, 0.15) is 5.52 Å². The van der Waals surface area contributed by atoms with Gasteiger partial charge in [-0.25, -0.2) is 4.98 Å². The summed E-state index contributed by atoms with van der Waals surface area (Å²) in [5, 5.41) is 0.438. The Bertz CT molecular complexity index is 806. The molecule has 0 aliphatic carbocycles. The Morgan fingerprint density at radius 3 is 2.40 bits per heavy atom. The number of oxazole rings is 1. The highest BCUT2D eigenvalue weighted by molar-refractivity contribution is 6.67. The third kappa shape index (κ3) is 2.52. The van der Waals surface area contributed by atoms with Crippen LogP contribution in [0.15, 0.2) is 40.8 Å². The van der Waals surface area contributed by atoms with Crippen LogP contribution in [0.4, 0.5) is 0 Å². The standard InChI is InChI=1S/C14H6Cl3NO2/c15-9-3-8(4-10(16)6-9)14-18-11-2-1-7(13(17)19)5-12(11)20-14/h1-6H. The number of hydrogen-bond donors (Lipinski definition) is 0. The normalized spacial score (nSPS) is 10.9. The Kier molecular flexibility index (Phi) is 3.42. The summed E-state index contributed by atoms with van der Waals surface area (Å²) in [5.74, 6) is 0.378. The summed E-state index contributed by atoms with van der Waals surface area (Å²) in [5.41, 5.74) is 2.11. The van der Waals surface area contributed by atoms with Gasteiger partial charge in [0.05, 0.1) is 0 Å². The molecule has 0 fully saturated rings. The van der Waals surface area contributed by atoms with Crippen LogP contribution in [0.1, 0.15) is 10.4 Å². The first-order valence-corrected chi connectivity index (χ1v) is 6.73. The Balaban J connectivity index is 2.15. The molecule has 0 N–H and O–H groups in total. The van der Waals surface area contributed by atoms with Crippen molar-refractivity contribution in [3.05, 3.63) is 52.0 Å². The first-order chi connectivity index (χ1) is 9.52. The van der Waals surface area contributed by atoms with Gasteiger partial charge in [-0.2, -0.15) is 0 Å². The smallest absolute Gasteiger partial charge is 0.252 e. The van der Waals surface area contributed by atoms with E-state index in [0.29, 0.717) is 38.2 Å². The van der Waals surface area contributed by atoms with Crippen molar-refractivity contribution in [1.82, 2.24) is 4.98 Å². The number of carbonyl (C=O) groups excluding carboxylic acids is 1. The SMILES string of the molecule is O=C(Cl)c1ccc2nc(-c3cc(Cl)cc(Cl)c3)oc2c1. The molecular weight excluding hydrogens is 321 g/mol. The molecule has 1 aromatic heterocycles. The maximum atomic E-state index is 11.1. The van der Waals surface area contributed by atoms with Crippen LogP contribution < -0.4 is 0 Å². The summed E-state index contributed by atoms with van der Waals surface area (Å²) in [6.07, 6.45) is 0. The lowest BCUT2D eigenvalue weighted by Crippen LogP contribution is -1.86. The zero-order chi connectivity index (χ0) is 14.3. The van der Waals surface area contributed by atoms with E-state index in [0.717, 1.165) is 0 Å². The summed E-state index contributed by atoms with van der Waals surface area (Å²) in [6, 6.07) is 9.84. The fourth-order valence-corrected chi connectivity index (χ4v) is 2.49. The van der Waals surface area contributed by atoms with Crippen molar-refractivity contribution in [3.63, 3.8) is 0 Å². The summed E-state index contributed by atoms with van der Waals surface area (Å²) < 4.78 is 5.62. The zero-order valence-electron chi connectivity index (χ0n) is 9.86. The van der Waals surface area contributed by atoms with Gasteiger partial charge in [-0.3, -0.25) is 4.79 Å². The van der Waals surface area contributed by atoms with Crippen LogP contribution in [-0.2, 0) is 0 Å². The molecule has 0 atom stereocenters. The van der Waals surface area contributed by atoms with Crippen LogP contribution in [0.5, 0.6) is 0 Å². The summed E-state index contributed by atoms with van der Waals surface area (Å²) in [6.45, 7) is 0. The Labute approximate surface area is 129 Å². The molecule has 0 unspecified atom stereocenters. The van der Waals surface area contributed by atoms with Gasteiger partial charge in [0, 0.05) is 21.2 Å². The largest absolute Gasteiger partial charge is 0.436 e. The van der Waals surface area contributed by atoms with E-state index < -0.39 is 5.24 Å². The third-order valence-corrected chi connectivity index (χ3v) is 3.38. The average molecular weight is 327 g/mol. The molecule has 0 spiro atoms. The monoisotopic (exact) mass is 325 g/mol. The van der Waals surface area contributed by atoms with Gasteiger partial charge < -0.3 is 4.42 Å². The minimum Gasteiger partial charge on any atom is -0.436 e. The van der Waals surface area contributed by atoms with Gasteiger partial charge in [-0.05, 0) is 48.0 Å². The molecule has 0 aliphatic rings. The molecule has 0 aliphatic heterocycles. The van der Waals surface area contributed by atoms with E-state index in [1.807, 2.05) is 0 Å². The van der Waals surface area contributed by atoms with E-state index >= 15 is 0 Å². The Morgan fingerprint density at radius 2 is 1.75 bits per heavy atom. The van der Waals surface area contributed by atoms with Gasteiger partial charge in [0.25, 0.3) is 5.24 Å². The number of halogens is 3. The number of nitrogens with zero attached hydrogens (tertiary/aromatic N) is 1. The predicted molar refractivity (Wildman–Crippen MR) is 79.6 cm³/mol. The number of aromatic nitrogens is 1. The molecule has 0 amide bonds. The molecule has 0 saturated carbocycles. The van der Waals surface area contributed by atoms with Gasteiger partial charge in [-0.1, -0.05) is 23.2 Å². The second-order valence-corrected chi connectivity index (χ2v) is 5.35. The van der Waals surface area contributed by atoms with Crippen LogP contribution in [0.2, 0.25) is 10.0 Å². The maximum Gasteiger partial charge on any atom is 0.252 e. The fourth-order valence-electron chi connectivity index (χ4n) is 1.85. The number of rotatable bonds is 2. The molecule has 6 heteroatoms. The number of carbonyl (C=O) groups is 1. The second kappa shape index (κ2) is 5.09. The van der Waals surface area contributed by atoms with Gasteiger partial charge in [0.15, 0.2) is 5.58 Å². The molecular formula is C14H6Cl3NO2. The first-order valence-electron chi connectivity index (χ1n) is 5.60. The van der Waals surface area contributed by atoms with E-state index in [1.165, 1.54) is 0 Å². The van der Waals surface area contributed by atoms with E-state index in [-0.39, 0.29) is 0 Å². The highest BCUT2D eigenvalue weighted by Gasteiger charge is 2.12. The molecule has 3 aromatic rings. The van der Waals surface area contributed by atoms with Crippen molar-refractivity contribution < 1.29 is 9.21 Å². The lowest BCUT2D eigenvalue weighted by atomic mass is 10.2. The molecule has 20 heavy (non-hydrogen) atoms. The van der Waals surface area contributed by atoms with Crippen molar-refractivity contribution >= 4 is 51.1 Å². The minimum absolute atomic E-state index is 0.353. The van der Waals surface area contributed by atoms with Crippen LogP contribution in [0.25, 0.3) is 22.6 Å². The summed E-state index contributed by atoms with van der Waals surface area (Å²) in [7, 11) is 0. The zero-order valence-corrected chi connectivity index (χ0v) is 12.1. The molecule has 2 aromatic carbocycles. The highest BCUT2D eigenvalue weighted by Crippen LogP contribution is 2.29. The second-order valence-electron chi connectivity index (χ2n) is 4.13. The first kappa shape index (κ1) is 13.4. The average Bonchev–Trinajstić information content (AvgIpc) is 2.80. The Morgan fingerprint density at radius 1 is 1.05 bits per heavy atom. The number of hydrogen-bond acceptors (Lipinski definition) is 3. The van der Waals surface area contributed by atoms with E-state index in [4.69, 9.17) is 39.2 Å². The molecule has 0 saturated heterocycles. The molecule has 0 radical (unpaired) electrons. The molecule has 100 valence electrons. The van der Waals surface area contributed by atoms with Crippen molar-refractivity contribution in [3.8, 4) is 11.5 Å². The maximum absolute atomic E-state index is 11.1. The predicted octanol–water partition coefficient (Wildman–Crippen LogP) is 5.18. The van der Waals surface area contributed by atoms with Gasteiger partial charge in [-0.15, -0.1) is 0 Å². The molecule has 3 rings (SSSR count). The van der Waals surface area contributed by atoms with E-state index in [9.17, 15) is 4.79 Å². The van der Waals surface area contributed by atoms with Crippen LogP contribution in [0.3, 0.4) is 0 Å². The van der Waals surface area contributed by atoms with E-state index in [2.05, 4.69) is 4.98 Å². The number of fused-ring (bicyclic) bond motifs is 1. The van der Waals surface area contributed by atoms with Crippen molar-refractivity contribution in [2.24, 2.45) is 0 Å². The third-order valence-electron chi connectivity index (χ3n) is 2.72. The quantitative estimate of drug-likeness (QED) is 0.609. The van der Waals surface area contributed by atoms with Gasteiger partial charge in [0.2, 0.25) is 5.89 Å². The van der Waals surface area contributed by atoms with E-state index in [1.54, 1.807) is 36.4 Å². The van der Waals surface area contributed by atoms with Crippen LogP contribution >= 0.6 is 34.8 Å². The Hall–Kier alpha value is -1.55. The van der Waals surface area contributed by atoms with Crippen LogP contribution in [0, 0.1) is 0 Å². The molecule has 3 nitrogen and oxygen atoms in total. The van der Waals surface area contributed by atoms with Crippen molar-refractivity contribution in [1.29, 1.82) is 0 Å². The summed E-state index contributed by atoms with van der Waals surface area (Å²) in [4.78, 5) is 15.5.